The van der Waals surface area contributed by atoms with Crippen molar-refractivity contribution in [1.29, 1.82) is 0 Å². The normalized spacial score (nSPS) is 12.2. The van der Waals surface area contributed by atoms with Crippen LogP contribution in [0.3, 0.4) is 0 Å². The number of nitrogens with zero attached hydrogens (tertiary/aromatic N) is 3. The van der Waals surface area contributed by atoms with Gasteiger partial charge < -0.3 is 14.9 Å². The van der Waals surface area contributed by atoms with Crippen LogP contribution in [0.15, 0.2) is 60.8 Å². The van der Waals surface area contributed by atoms with Gasteiger partial charge in [0.05, 0.1) is 0 Å². The molecule has 1 atom stereocenters. The Kier molecular flexibility index (Phi) is 4.01. The largest absolute Gasteiger partial charge is 0.361 e. The van der Waals surface area contributed by atoms with Crippen molar-refractivity contribution in [3.05, 3.63) is 83.6 Å². The Balaban J connectivity index is 1.70. The molecule has 2 aromatic heterocycles. The Morgan fingerprint density at radius 2 is 1.92 bits per heavy atom. The number of H-pyrrole nitrogens is 1. The first-order valence-electron chi connectivity index (χ1n) is 8.42. The predicted octanol–water partition coefficient (Wildman–Crippen LogP) is 3.12. The third kappa shape index (κ3) is 2.86. The highest BCUT2D eigenvalue weighted by atomic mass is 16.1. The molecule has 2 heterocycles. The lowest BCUT2D eigenvalue weighted by Crippen LogP contribution is -2.31. The molecule has 2 N–H and O–H groups in total. The van der Waals surface area contributed by atoms with Gasteiger partial charge in [-0.15, -0.1) is 10.2 Å². The second-order valence-electron chi connectivity index (χ2n) is 6.26. The maximum atomic E-state index is 12.9. The minimum atomic E-state index is -0.378. The van der Waals surface area contributed by atoms with Crippen LogP contribution in [0.5, 0.6) is 0 Å². The monoisotopic (exact) mass is 345 g/mol. The van der Waals surface area contributed by atoms with Gasteiger partial charge in [0.1, 0.15) is 11.9 Å². The zero-order valence-electron chi connectivity index (χ0n) is 14.6. The number of carbonyl (C=O) groups is 1. The average Bonchev–Trinajstić information content (AvgIpc) is 3.27. The van der Waals surface area contributed by atoms with Gasteiger partial charge in [0.15, 0.2) is 5.82 Å². The molecule has 4 aromatic rings. The smallest absolute Gasteiger partial charge is 0.252 e. The van der Waals surface area contributed by atoms with Crippen LogP contribution in [0, 0.1) is 6.92 Å². The third-order valence-electron chi connectivity index (χ3n) is 4.61. The van der Waals surface area contributed by atoms with Crippen molar-refractivity contribution in [2.75, 3.05) is 0 Å². The first-order chi connectivity index (χ1) is 12.6. The van der Waals surface area contributed by atoms with E-state index in [2.05, 4.69) is 20.5 Å². The molecule has 0 aliphatic heterocycles. The fraction of sp³-hybridized carbons (Fsp3) is 0.150. The van der Waals surface area contributed by atoms with E-state index in [1.54, 1.807) is 0 Å². The molecule has 0 saturated heterocycles. The van der Waals surface area contributed by atoms with E-state index in [4.69, 9.17) is 0 Å². The van der Waals surface area contributed by atoms with Gasteiger partial charge >= 0.3 is 0 Å². The number of benzene rings is 2. The number of aromatic amines is 1. The number of hydrogen-bond acceptors (Lipinski definition) is 3. The van der Waals surface area contributed by atoms with Crippen molar-refractivity contribution in [3.63, 3.8) is 0 Å². The molecule has 0 unspecified atom stereocenters. The van der Waals surface area contributed by atoms with Gasteiger partial charge in [0.25, 0.3) is 5.91 Å². The van der Waals surface area contributed by atoms with Crippen LogP contribution in [0.2, 0.25) is 0 Å². The maximum absolute atomic E-state index is 12.9. The van der Waals surface area contributed by atoms with Crippen LogP contribution in [0.4, 0.5) is 0 Å². The summed E-state index contributed by atoms with van der Waals surface area (Å²) in [6.07, 6.45) is 1.86. The summed E-state index contributed by atoms with van der Waals surface area (Å²) in [4.78, 5) is 16.0. The summed E-state index contributed by atoms with van der Waals surface area (Å²) >= 11 is 0. The number of hydrogen-bond donors (Lipinski definition) is 2. The van der Waals surface area contributed by atoms with Gasteiger partial charge in [0, 0.05) is 29.7 Å². The molecule has 0 spiro atoms. The molecule has 0 aliphatic rings. The molecule has 1 amide bonds. The lowest BCUT2D eigenvalue weighted by molar-refractivity contribution is 0.0941. The van der Waals surface area contributed by atoms with E-state index in [1.165, 1.54) is 0 Å². The quantitative estimate of drug-likeness (QED) is 0.597. The highest BCUT2D eigenvalue weighted by Crippen LogP contribution is 2.22. The van der Waals surface area contributed by atoms with Crippen molar-refractivity contribution >= 4 is 16.8 Å². The number of rotatable bonds is 4. The van der Waals surface area contributed by atoms with E-state index in [0.29, 0.717) is 11.4 Å². The van der Waals surface area contributed by atoms with Crippen LogP contribution >= 0.6 is 0 Å². The number of fused-ring (bicyclic) bond motifs is 1. The van der Waals surface area contributed by atoms with Crippen LogP contribution in [0.25, 0.3) is 10.9 Å². The lowest BCUT2D eigenvalue weighted by Gasteiger charge is -2.19. The van der Waals surface area contributed by atoms with Gasteiger partial charge in [-0.2, -0.15) is 0 Å². The Hall–Kier alpha value is -3.41. The topological polar surface area (TPSA) is 75.6 Å². The summed E-state index contributed by atoms with van der Waals surface area (Å²) in [5.41, 5.74) is 2.57. The average molecular weight is 345 g/mol. The van der Waals surface area contributed by atoms with Gasteiger partial charge in [-0.25, -0.2) is 0 Å². The molecule has 130 valence electrons. The summed E-state index contributed by atoms with van der Waals surface area (Å²) < 4.78 is 1.90. The predicted molar refractivity (Wildman–Crippen MR) is 99.8 cm³/mol. The number of nitrogens with one attached hydrogen (secondary N) is 2. The molecule has 6 heteroatoms. The minimum Gasteiger partial charge on any atom is -0.361 e. The van der Waals surface area contributed by atoms with Gasteiger partial charge in [-0.3, -0.25) is 4.79 Å². The van der Waals surface area contributed by atoms with E-state index in [-0.39, 0.29) is 11.9 Å². The zero-order chi connectivity index (χ0) is 18.1. The van der Waals surface area contributed by atoms with E-state index in [1.807, 2.05) is 79.3 Å². The van der Waals surface area contributed by atoms with Crippen LogP contribution < -0.4 is 5.32 Å². The molecule has 26 heavy (non-hydrogen) atoms. The number of aryl methyl sites for hydroxylation is 1. The highest BCUT2D eigenvalue weighted by molar-refractivity contribution is 5.98. The first-order valence-corrected chi connectivity index (χ1v) is 8.42. The first kappa shape index (κ1) is 16.1. The Morgan fingerprint density at radius 1 is 1.12 bits per heavy atom. The SMILES string of the molecule is Cc1nnc([C@H](NC(=O)c2ccc3[nH]ccc3c2)c2ccccc2)n1C. The summed E-state index contributed by atoms with van der Waals surface area (Å²) in [7, 11) is 1.90. The van der Waals surface area contributed by atoms with Crippen molar-refractivity contribution in [1.82, 2.24) is 25.1 Å². The standard InChI is InChI=1S/C20H19N5O/c1-13-23-24-19(25(13)2)18(14-6-4-3-5-7-14)22-20(26)16-8-9-17-15(12-16)10-11-21-17/h3-12,18,21H,1-2H3,(H,22,26)/t18-/m1/s1. The van der Waals surface area contributed by atoms with Crippen molar-refractivity contribution in [2.45, 2.75) is 13.0 Å². The Labute approximate surface area is 150 Å². The third-order valence-corrected chi connectivity index (χ3v) is 4.61. The van der Waals surface area contributed by atoms with Gasteiger partial charge in [0.2, 0.25) is 0 Å². The second kappa shape index (κ2) is 6.48. The van der Waals surface area contributed by atoms with E-state index >= 15 is 0 Å². The summed E-state index contributed by atoms with van der Waals surface area (Å²) in [5, 5.41) is 12.5. The molecule has 0 fully saturated rings. The number of aromatic nitrogens is 4. The van der Waals surface area contributed by atoms with Crippen molar-refractivity contribution < 1.29 is 4.79 Å². The molecule has 6 nitrogen and oxygen atoms in total. The molecule has 0 saturated carbocycles. The molecule has 2 aromatic carbocycles. The summed E-state index contributed by atoms with van der Waals surface area (Å²) in [5.74, 6) is 1.34. The molecular weight excluding hydrogens is 326 g/mol. The molecular formula is C20H19N5O. The minimum absolute atomic E-state index is 0.150. The highest BCUT2D eigenvalue weighted by Gasteiger charge is 2.23. The number of carbonyl (C=O) groups excluding carboxylic acids is 1. The van der Waals surface area contributed by atoms with Crippen LogP contribution in [0.1, 0.15) is 33.6 Å². The van der Waals surface area contributed by atoms with Crippen molar-refractivity contribution in [3.8, 4) is 0 Å². The fourth-order valence-corrected chi connectivity index (χ4v) is 3.03. The Morgan fingerprint density at radius 3 is 2.65 bits per heavy atom. The van der Waals surface area contributed by atoms with Gasteiger partial charge in [-0.05, 0) is 36.8 Å². The summed E-state index contributed by atoms with van der Waals surface area (Å²) in [6.45, 7) is 1.89. The summed E-state index contributed by atoms with van der Waals surface area (Å²) in [6, 6.07) is 17.0. The Bertz CT molecular complexity index is 1060. The molecule has 0 bridgehead atoms. The van der Waals surface area contributed by atoms with Crippen LogP contribution in [-0.2, 0) is 7.05 Å². The molecule has 0 radical (unpaired) electrons. The fourth-order valence-electron chi connectivity index (χ4n) is 3.03. The second-order valence-corrected chi connectivity index (χ2v) is 6.26. The van der Waals surface area contributed by atoms with Crippen molar-refractivity contribution in [2.24, 2.45) is 7.05 Å². The van der Waals surface area contributed by atoms with Crippen LogP contribution in [-0.4, -0.2) is 25.7 Å². The van der Waals surface area contributed by atoms with E-state index < -0.39 is 0 Å². The zero-order valence-corrected chi connectivity index (χ0v) is 14.6. The lowest BCUT2D eigenvalue weighted by atomic mass is 10.0. The molecule has 0 aliphatic carbocycles. The van der Waals surface area contributed by atoms with E-state index in [9.17, 15) is 4.79 Å². The maximum Gasteiger partial charge on any atom is 0.252 e. The molecule has 4 rings (SSSR count). The number of amides is 1. The van der Waals surface area contributed by atoms with E-state index in [0.717, 1.165) is 22.3 Å². The van der Waals surface area contributed by atoms with Gasteiger partial charge in [-0.1, -0.05) is 30.3 Å².